The van der Waals surface area contributed by atoms with Gasteiger partial charge in [0.1, 0.15) is 0 Å². The number of halogens is 1. The Kier molecular flexibility index (Phi) is 5.20. The first kappa shape index (κ1) is 17.6. The zero-order valence-corrected chi connectivity index (χ0v) is 15.1. The molecule has 1 fully saturated rings. The lowest BCUT2D eigenvalue weighted by molar-refractivity contribution is -0.384. The van der Waals surface area contributed by atoms with Crippen molar-refractivity contribution in [3.63, 3.8) is 0 Å². The Balaban J connectivity index is 1.71. The minimum Gasteiger partial charge on any atom is -0.368 e. The maximum atomic E-state index is 11.0. The molecule has 6 nitrogen and oxygen atoms in total. The number of pyridine rings is 1. The summed E-state index contributed by atoms with van der Waals surface area (Å²) in [5, 5.41) is 11.4. The van der Waals surface area contributed by atoms with Gasteiger partial charge in [-0.05, 0) is 31.5 Å². The van der Waals surface area contributed by atoms with Crippen molar-refractivity contribution in [1.82, 2.24) is 9.88 Å². The summed E-state index contributed by atoms with van der Waals surface area (Å²) in [6.07, 6.45) is 1.82. The van der Waals surface area contributed by atoms with Gasteiger partial charge in [0.2, 0.25) is 0 Å². The number of hydrogen-bond acceptors (Lipinski definition) is 5. The Hall–Kier alpha value is -2.18. The minimum atomic E-state index is -0.408. The summed E-state index contributed by atoms with van der Waals surface area (Å²) in [5.41, 5.74) is 2.84. The molecular weight excluding hydrogens is 340 g/mol. The molecule has 1 aromatic carbocycles. The standard InChI is InChI=1S/C18H21ClN4O2/c1-13-11-15(23(24)25)12-16(19)18(13)22-9-7-21(8-10-22)14(2)17-5-3-4-6-20-17/h3-6,11-12,14H,7-10H2,1-2H3. The second-order valence-corrected chi connectivity index (χ2v) is 6.71. The van der Waals surface area contributed by atoms with E-state index in [-0.39, 0.29) is 11.7 Å². The van der Waals surface area contributed by atoms with E-state index >= 15 is 0 Å². The highest BCUT2D eigenvalue weighted by Crippen LogP contribution is 2.34. The van der Waals surface area contributed by atoms with Gasteiger partial charge >= 0.3 is 0 Å². The van der Waals surface area contributed by atoms with Crippen molar-refractivity contribution < 1.29 is 4.92 Å². The first-order valence-corrected chi connectivity index (χ1v) is 8.69. The van der Waals surface area contributed by atoms with Gasteiger partial charge in [-0.15, -0.1) is 0 Å². The summed E-state index contributed by atoms with van der Waals surface area (Å²) >= 11 is 6.34. The van der Waals surface area contributed by atoms with E-state index in [4.69, 9.17) is 11.6 Å². The quantitative estimate of drug-likeness (QED) is 0.612. The molecule has 0 bridgehead atoms. The lowest BCUT2D eigenvalue weighted by atomic mass is 10.1. The molecule has 0 aliphatic carbocycles. The van der Waals surface area contributed by atoms with Crippen molar-refractivity contribution in [2.45, 2.75) is 19.9 Å². The van der Waals surface area contributed by atoms with E-state index in [1.807, 2.05) is 31.3 Å². The van der Waals surface area contributed by atoms with Crippen LogP contribution in [0.25, 0.3) is 0 Å². The predicted octanol–water partition coefficient (Wildman–Crippen LogP) is 3.83. The van der Waals surface area contributed by atoms with Gasteiger partial charge in [0.05, 0.1) is 21.3 Å². The molecule has 25 heavy (non-hydrogen) atoms. The molecule has 132 valence electrons. The van der Waals surface area contributed by atoms with E-state index in [1.54, 1.807) is 6.07 Å². The molecule has 0 saturated carbocycles. The molecule has 1 atom stereocenters. The van der Waals surface area contributed by atoms with Crippen LogP contribution in [0, 0.1) is 17.0 Å². The van der Waals surface area contributed by atoms with Gasteiger partial charge in [-0.1, -0.05) is 17.7 Å². The molecule has 0 radical (unpaired) electrons. The van der Waals surface area contributed by atoms with Gasteiger partial charge in [-0.2, -0.15) is 0 Å². The van der Waals surface area contributed by atoms with E-state index in [1.165, 1.54) is 6.07 Å². The number of hydrogen-bond donors (Lipinski definition) is 0. The number of aryl methyl sites for hydroxylation is 1. The number of nitro benzene ring substituents is 1. The van der Waals surface area contributed by atoms with Crippen LogP contribution >= 0.6 is 11.6 Å². The van der Waals surface area contributed by atoms with Crippen LogP contribution in [0.3, 0.4) is 0 Å². The van der Waals surface area contributed by atoms with Crippen LogP contribution in [0.1, 0.15) is 24.2 Å². The minimum absolute atomic E-state index is 0.0358. The Labute approximate surface area is 152 Å². The van der Waals surface area contributed by atoms with E-state index in [0.29, 0.717) is 5.02 Å². The first-order valence-electron chi connectivity index (χ1n) is 8.32. The molecular formula is C18H21ClN4O2. The van der Waals surface area contributed by atoms with E-state index in [9.17, 15) is 10.1 Å². The monoisotopic (exact) mass is 360 g/mol. The number of benzene rings is 1. The highest BCUT2D eigenvalue weighted by Gasteiger charge is 2.25. The van der Waals surface area contributed by atoms with Crippen molar-refractivity contribution in [2.75, 3.05) is 31.1 Å². The summed E-state index contributed by atoms with van der Waals surface area (Å²) in [6.45, 7) is 7.49. The van der Waals surface area contributed by atoms with E-state index in [0.717, 1.165) is 43.1 Å². The fraction of sp³-hybridized carbons (Fsp3) is 0.389. The molecule has 2 heterocycles. The van der Waals surface area contributed by atoms with Crippen LogP contribution in [0.2, 0.25) is 5.02 Å². The number of aromatic nitrogens is 1. The molecule has 0 N–H and O–H groups in total. The van der Waals surface area contributed by atoms with Gasteiger partial charge in [0, 0.05) is 50.6 Å². The fourth-order valence-corrected chi connectivity index (χ4v) is 3.75. The molecule has 1 unspecified atom stereocenters. The fourth-order valence-electron chi connectivity index (χ4n) is 3.37. The Morgan fingerprint density at radius 2 is 1.96 bits per heavy atom. The molecule has 0 amide bonds. The first-order chi connectivity index (χ1) is 12.0. The predicted molar refractivity (Wildman–Crippen MR) is 99.3 cm³/mol. The normalized spacial score (nSPS) is 16.7. The average Bonchev–Trinajstić information content (AvgIpc) is 2.61. The van der Waals surface area contributed by atoms with Gasteiger partial charge < -0.3 is 4.90 Å². The van der Waals surface area contributed by atoms with E-state index in [2.05, 4.69) is 21.7 Å². The largest absolute Gasteiger partial charge is 0.368 e. The molecule has 1 aliphatic heterocycles. The zero-order chi connectivity index (χ0) is 18.0. The summed E-state index contributed by atoms with van der Waals surface area (Å²) < 4.78 is 0. The molecule has 7 heteroatoms. The summed E-state index contributed by atoms with van der Waals surface area (Å²) in [5.74, 6) is 0. The highest BCUT2D eigenvalue weighted by molar-refractivity contribution is 6.33. The van der Waals surface area contributed by atoms with Crippen molar-refractivity contribution >= 4 is 23.0 Å². The van der Waals surface area contributed by atoms with E-state index < -0.39 is 4.92 Å². The van der Waals surface area contributed by atoms with Crippen LogP contribution in [-0.4, -0.2) is 41.0 Å². The molecule has 1 aromatic heterocycles. The van der Waals surface area contributed by atoms with Crippen LogP contribution in [0.15, 0.2) is 36.5 Å². The van der Waals surface area contributed by atoms with Gasteiger partial charge in [-0.25, -0.2) is 0 Å². The smallest absolute Gasteiger partial charge is 0.271 e. The molecule has 0 spiro atoms. The van der Waals surface area contributed by atoms with Crippen molar-refractivity contribution in [3.8, 4) is 0 Å². The molecule has 2 aromatic rings. The SMILES string of the molecule is Cc1cc([N+](=O)[O-])cc(Cl)c1N1CCN(C(C)c2ccccn2)CC1. The lowest BCUT2D eigenvalue weighted by Gasteiger charge is -2.39. The highest BCUT2D eigenvalue weighted by atomic mass is 35.5. The number of anilines is 1. The molecule has 3 rings (SSSR count). The lowest BCUT2D eigenvalue weighted by Crippen LogP contribution is -2.47. The maximum Gasteiger partial charge on any atom is 0.271 e. The van der Waals surface area contributed by atoms with Crippen LogP contribution in [0.5, 0.6) is 0 Å². The Morgan fingerprint density at radius 3 is 2.52 bits per heavy atom. The third kappa shape index (κ3) is 3.75. The average molecular weight is 361 g/mol. The number of piperazine rings is 1. The maximum absolute atomic E-state index is 11.0. The third-order valence-corrected chi connectivity index (χ3v) is 5.03. The second-order valence-electron chi connectivity index (χ2n) is 6.30. The van der Waals surface area contributed by atoms with Crippen LogP contribution in [-0.2, 0) is 0 Å². The van der Waals surface area contributed by atoms with Crippen LogP contribution < -0.4 is 4.90 Å². The summed E-state index contributed by atoms with van der Waals surface area (Å²) in [4.78, 5) is 19.6. The van der Waals surface area contributed by atoms with Gasteiger partial charge in [0.25, 0.3) is 5.69 Å². The number of rotatable bonds is 4. The summed E-state index contributed by atoms with van der Waals surface area (Å²) in [6, 6.07) is 9.27. The summed E-state index contributed by atoms with van der Waals surface area (Å²) in [7, 11) is 0. The second kappa shape index (κ2) is 7.37. The van der Waals surface area contributed by atoms with Crippen LogP contribution in [0.4, 0.5) is 11.4 Å². The Morgan fingerprint density at radius 1 is 1.24 bits per heavy atom. The topological polar surface area (TPSA) is 62.5 Å². The number of nitrogens with zero attached hydrogens (tertiary/aromatic N) is 4. The number of nitro groups is 1. The van der Waals surface area contributed by atoms with Crippen molar-refractivity contribution in [2.24, 2.45) is 0 Å². The third-order valence-electron chi connectivity index (χ3n) is 4.74. The van der Waals surface area contributed by atoms with Gasteiger partial charge in [-0.3, -0.25) is 20.0 Å². The van der Waals surface area contributed by atoms with Gasteiger partial charge in [0.15, 0.2) is 0 Å². The Bertz CT molecular complexity index is 738. The molecule has 1 aliphatic rings. The zero-order valence-electron chi connectivity index (χ0n) is 14.4. The molecule has 1 saturated heterocycles. The van der Waals surface area contributed by atoms with Crippen molar-refractivity contribution in [1.29, 1.82) is 0 Å². The van der Waals surface area contributed by atoms with Crippen molar-refractivity contribution in [3.05, 3.63) is 62.9 Å². The number of non-ortho nitro benzene ring substituents is 1.